The summed E-state index contributed by atoms with van der Waals surface area (Å²) in [6.45, 7) is 2.18. The highest BCUT2D eigenvalue weighted by Crippen LogP contribution is 2.27. The maximum atomic E-state index is 13.0. The van der Waals surface area contributed by atoms with Gasteiger partial charge in [-0.1, -0.05) is 53.2 Å². The number of amides is 3. The minimum atomic E-state index is -0.739. The first-order chi connectivity index (χ1) is 13.0. The third-order valence-electron chi connectivity index (χ3n) is 4.69. The Morgan fingerprint density at radius 2 is 1.78 bits per heavy atom. The van der Waals surface area contributed by atoms with Gasteiger partial charge >= 0.3 is 0 Å². The molecule has 0 bridgehead atoms. The highest BCUT2D eigenvalue weighted by atomic mass is 79.9. The largest absolute Gasteiger partial charge is 0.330 e. The number of anilines is 1. The van der Waals surface area contributed by atoms with Gasteiger partial charge in [-0.25, -0.2) is 4.90 Å². The highest BCUT2D eigenvalue weighted by molar-refractivity contribution is 9.10. The molecule has 3 rings (SSSR count). The molecule has 0 unspecified atom stereocenters. The van der Waals surface area contributed by atoms with Gasteiger partial charge in [0.1, 0.15) is 6.04 Å². The Morgan fingerprint density at radius 1 is 1.11 bits per heavy atom. The number of hydrogen-bond acceptors (Lipinski definition) is 3. The normalized spacial score (nSPS) is 16.7. The number of benzene rings is 2. The van der Waals surface area contributed by atoms with Gasteiger partial charge in [0.05, 0.1) is 12.1 Å². The van der Waals surface area contributed by atoms with Gasteiger partial charge in [0.15, 0.2) is 0 Å². The van der Waals surface area contributed by atoms with Gasteiger partial charge in [-0.3, -0.25) is 14.4 Å². The van der Waals surface area contributed by atoms with Crippen molar-refractivity contribution in [2.45, 2.75) is 32.2 Å². The van der Waals surface area contributed by atoms with E-state index in [1.165, 1.54) is 4.90 Å². The molecule has 6 heteroatoms. The van der Waals surface area contributed by atoms with Crippen molar-refractivity contribution < 1.29 is 14.4 Å². The number of nitrogens with zero attached hydrogens (tertiary/aromatic N) is 2. The first kappa shape index (κ1) is 19.3. The summed E-state index contributed by atoms with van der Waals surface area (Å²) < 4.78 is 0.868. The van der Waals surface area contributed by atoms with Gasteiger partial charge in [-0.2, -0.15) is 0 Å². The number of carbonyl (C=O) groups is 3. The molecule has 0 saturated carbocycles. The molecule has 1 fully saturated rings. The summed E-state index contributed by atoms with van der Waals surface area (Å²) >= 11 is 3.35. The van der Waals surface area contributed by atoms with E-state index >= 15 is 0 Å². The van der Waals surface area contributed by atoms with Gasteiger partial charge in [0.25, 0.3) is 5.91 Å². The third kappa shape index (κ3) is 4.27. The lowest BCUT2D eigenvalue weighted by atomic mass is 10.1. The van der Waals surface area contributed by atoms with E-state index in [9.17, 15) is 14.4 Å². The molecule has 0 aromatic heterocycles. The molecule has 1 aliphatic heterocycles. The van der Waals surface area contributed by atoms with Crippen molar-refractivity contribution in [1.29, 1.82) is 0 Å². The minimum Gasteiger partial charge on any atom is -0.330 e. The Balaban J connectivity index is 1.80. The summed E-state index contributed by atoms with van der Waals surface area (Å²) in [5.74, 6) is -0.729. The van der Waals surface area contributed by atoms with E-state index in [-0.39, 0.29) is 24.1 Å². The van der Waals surface area contributed by atoms with Crippen LogP contribution in [0.2, 0.25) is 0 Å². The lowest BCUT2D eigenvalue weighted by molar-refractivity contribution is -0.138. The van der Waals surface area contributed by atoms with Gasteiger partial charge in [0.2, 0.25) is 11.8 Å². The zero-order valence-electron chi connectivity index (χ0n) is 15.1. The Labute approximate surface area is 167 Å². The van der Waals surface area contributed by atoms with Gasteiger partial charge < -0.3 is 4.90 Å². The van der Waals surface area contributed by atoms with Crippen LogP contribution in [0, 0.1) is 0 Å². The number of halogens is 1. The van der Waals surface area contributed by atoms with Gasteiger partial charge in [0, 0.05) is 17.4 Å². The lowest BCUT2D eigenvalue weighted by Crippen LogP contribution is -2.46. The number of hydrogen-bond donors (Lipinski definition) is 0. The number of imide groups is 1. The molecule has 27 heavy (non-hydrogen) atoms. The molecule has 2 aromatic rings. The van der Waals surface area contributed by atoms with E-state index in [1.807, 2.05) is 30.3 Å². The second kappa shape index (κ2) is 8.48. The monoisotopic (exact) mass is 428 g/mol. The van der Waals surface area contributed by atoms with Crippen molar-refractivity contribution in [3.8, 4) is 0 Å². The molecule has 1 heterocycles. The number of rotatable bonds is 6. The fraction of sp³-hybridized carbons (Fsp3) is 0.286. The van der Waals surface area contributed by atoms with Crippen LogP contribution in [0.3, 0.4) is 0 Å². The number of carbonyl (C=O) groups excluding carboxylic acids is 3. The Hall–Kier alpha value is -2.47. The molecule has 0 radical (unpaired) electrons. The molecule has 0 N–H and O–H groups in total. The zero-order valence-corrected chi connectivity index (χ0v) is 16.7. The van der Waals surface area contributed by atoms with Crippen LogP contribution in [0.5, 0.6) is 0 Å². The van der Waals surface area contributed by atoms with Crippen LogP contribution < -0.4 is 4.90 Å². The van der Waals surface area contributed by atoms with Crippen LogP contribution >= 0.6 is 15.9 Å². The maximum absolute atomic E-state index is 13.0. The molecule has 2 aromatic carbocycles. The molecule has 140 valence electrons. The molecular weight excluding hydrogens is 408 g/mol. The highest BCUT2D eigenvalue weighted by Gasteiger charge is 2.43. The summed E-state index contributed by atoms with van der Waals surface area (Å²) in [7, 11) is 0. The van der Waals surface area contributed by atoms with Crippen LogP contribution in [0.25, 0.3) is 0 Å². The second-order valence-electron chi connectivity index (χ2n) is 6.44. The van der Waals surface area contributed by atoms with Crippen molar-refractivity contribution >= 4 is 39.3 Å². The third-order valence-corrected chi connectivity index (χ3v) is 5.22. The SMILES string of the molecule is CCC(=O)N(CCc1ccccc1)[C@H]1CC(=O)N(c2ccc(Br)cc2)C1=O. The van der Waals surface area contributed by atoms with Crippen LogP contribution in [-0.4, -0.2) is 35.2 Å². The fourth-order valence-electron chi connectivity index (χ4n) is 3.27. The fourth-order valence-corrected chi connectivity index (χ4v) is 3.54. The van der Waals surface area contributed by atoms with Crippen molar-refractivity contribution in [2.75, 3.05) is 11.4 Å². The molecule has 5 nitrogen and oxygen atoms in total. The van der Waals surface area contributed by atoms with Crippen LogP contribution in [-0.2, 0) is 20.8 Å². The summed E-state index contributed by atoms with van der Waals surface area (Å²) in [5.41, 5.74) is 1.62. The second-order valence-corrected chi connectivity index (χ2v) is 7.36. The maximum Gasteiger partial charge on any atom is 0.257 e. The first-order valence-electron chi connectivity index (χ1n) is 8.97. The summed E-state index contributed by atoms with van der Waals surface area (Å²) in [4.78, 5) is 40.7. The van der Waals surface area contributed by atoms with Gasteiger partial charge in [-0.05, 0) is 36.2 Å². The molecular formula is C21H21BrN2O3. The Bertz CT molecular complexity index is 836. The summed E-state index contributed by atoms with van der Waals surface area (Å²) in [6, 6.07) is 16.1. The van der Waals surface area contributed by atoms with Crippen molar-refractivity contribution in [1.82, 2.24) is 4.90 Å². The average molecular weight is 429 g/mol. The summed E-state index contributed by atoms with van der Waals surface area (Å²) in [6.07, 6.45) is 0.962. The van der Waals surface area contributed by atoms with Crippen LogP contribution in [0.4, 0.5) is 5.69 Å². The van der Waals surface area contributed by atoms with E-state index in [0.29, 0.717) is 25.1 Å². The molecule has 1 saturated heterocycles. The molecule has 0 spiro atoms. The van der Waals surface area contributed by atoms with Crippen molar-refractivity contribution in [2.24, 2.45) is 0 Å². The zero-order chi connectivity index (χ0) is 19.4. The standard InChI is InChI=1S/C21H21BrN2O3/c1-2-19(25)23(13-12-15-6-4-3-5-7-15)18-14-20(26)24(21(18)27)17-10-8-16(22)9-11-17/h3-11,18H,2,12-14H2,1H3/t18-/m0/s1. The molecule has 0 aliphatic carbocycles. The Kier molecular flexibility index (Phi) is 6.06. The Morgan fingerprint density at radius 3 is 2.41 bits per heavy atom. The van der Waals surface area contributed by atoms with Crippen LogP contribution in [0.15, 0.2) is 59.1 Å². The predicted octanol–water partition coefficient (Wildman–Crippen LogP) is 3.56. The van der Waals surface area contributed by atoms with Crippen LogP contribution in [0.1, 0.15) is 25.3 Å². The molecule has 3 amide bonds. The molecule has 1 atom stereocenters. The smallest absolute Gasteiger partial charge is 0.257 e. The first-order valence-corrected chi connectivity index (χ1v) is 9.76. The lowest BCUT2D eigenvalue weighted by Gasteiger charge is -2.27. The van der Waals surface area contributed by atoms with E-state index in [4.69, 9.17) is 0 Å². The van der Waals surface area contributed by atoms with Gasteiger partial charge in [-0.15, -0.1) is 0 Å². The van der Waals surface area contributed by atoms with Crippen molar-refractivity contribution in [3.05, 3.63) is 64.6 Å². The van der Waals surface area contributed by atoms with E-state index in [0.717, 1.165) is 10.0 Å². The van der Waals surface area contributed by atoms with E-state index < -0.39 is 6.04 Å². The minimum absolute atomic E-state index is 0.0232. The molecule has 1 aliphatic rings. The average Bonchev–Trinajstić information content (AvgIpc) is 2.97. The van der Waals surface area contributed by atoms with E-state index in [2.05, 4.69) is 15.9 Å². The van der Waals surface area contributed by atoms with Crippen molar-refractivity contribution in [3.63, 3.8) is 0 Å². The predicted molar refractivity (Wildman–Crippen MR) is 107 cm³/mol. The topological polar surface area (TPSA) is 57.7 Å². The quantitative estimate of drug-likeness (QED) is 0.660. The van der Waals surface area contributed by atoms with E-state index in [1.54, 1.807) is 36.1 Å². The summed E-state index contributed by atoms with van der Waals surface area (Å²) in [5, 5.41) is 0.